The van der Waals surface area contributed by atoms with Crippen LogP contribution in [0.1, 0.15) is 46.5 Å². The second-order valence-corrected chi connectivity index (χ2v) is 8.56. The highest BCUT2D eigenvalue weighted by molar-refractivity contribution is 7.85. The maximum absolute atomic E-state index is 11.8. The van der Waals surface area contributed by atoms with Gasteiger partial charge in [0, 0.05) is 18.3 Å². The zero-order valence-electron chi connectivity index (χ0n) is 12.5. The average Bonchev–Trinajstić information content (AvgIpc) is 2.58. The van der Waals surface area contributed by atoms with E-state index in [-0.39, 0.29) is 17.1 Å². The van der Waals surface area contributed by atoms with Crippen LogP contribution < -0.4 is 5.32 Å². The predicted molar refractivity (Wildman–Crippen MR) is 74.0 cm³/mol. The van der Waals surface area contributed by atoms with Crippen molar-refractivity contribution in [2.75, 3.05) is 12.3 Å². The third-order valence-corrected chi connectivity index (χ3v) is 6.60. The molecule has 2 aliphatic carbocycles. The van der Waals surface area contributed by atoms with E-state index in [4.69, 9.17) is 0 Å². The van der Waals surface area contributed by atoms with E-state index in [2.05, 4.69) is 12.2 Å². The van der Waals surface area contributed by atoms with Crippen LogP contribution in [0.15, 0.2) is 0 Å². The number of rotatable bonds is 2. The van der Waals surface area contributed by atoms with E-state index in [0.717, 1.165) is 12.5 Å². The molecular weight excluding hydrogens is 278 g/mol. The highest BCUT2D eigenvalue weighted by Gasteiger charge is 2.64. The Morgan fingerprint density at radius 1 is 1.35 bits per heavy atom. The Morgan fingerprint density at radius 2 is 1.90 bits per heavy atom. The highest BCUT2D eigenvalue weighted by atomic mass is 32.2. The first-order chi connectivity index (χ1) is 9.08. The van der Waals surface area contributed by atoms with Crippen molar-refractivity contribution in [1.29, 1.82) is 0 Å². The molecule has 2 saturated carbocycles. The molecule has 0 unspecified atom stereocenters. The molecule has 0 spiro atoms. The summed E-state index contributed by atoms with van der Waals surface area (Å²) in [5, 5.41) is 2.35. The summed E-state index contributed by atoms with van der Waals surface area (Å²) >= 11 is 0. The van der Waals surface area contributed by atoms with Crippen LogP contribution in [0.5, 0.6) is 0 Å². The van der Waals surface area contributed by atoms with Gasteiger partial charge in [0.2, 0.25) is 0 Å². The van der Waals surface area contributed by atoms with E-state index in [1.54, 1.807) is 0 Å². The lowest BCUT2D eigenvalue weighted by molar-refractivity contribution is -0.739. The fraction of sp³-hybridized carbons (Fsp3) is 0.929. The fourth-order valence-corrected chi connectivity index (χ4v) is 5.19. The number of fused-ring (bicyclic) bond motifs is 2. The van der Waals surface area contributed by atoms with Crippen molar-refractivity contribution in [2.45, 2.75) is 52.5 Å². The van der Waals surface area contributed by atoms with Gasteiger partial charge >= 0.3 is 0 Å². The van der Waals surface area contributed by atoms with Gasteiger partial charge in [0.05, 0.1) is 28.5 Å². The van der Waals surface area contributed by atoms with Crippen molar-refractivity contribution in [1.82, 2.24) is 0 Å². The molecule has 1 saturated heterocycles. The van der Waals surface area contributed by atoms with Crippen molar-refractivity contribution in [2.24, 2.45) is 16.7 Å². The van der Waals surface area contributed by atoms with Gasteiger partial charge in [0.25, 0.3) is 0 Å². The molecule has 1 heterocycles. The number of hydrogen-bond acceptors (Lipinski definition) is 4. The summed E-state index contributed by atoms with van der Waals surface area (Å²) in [5.41, 5.74) is -1.22. The smallest absolute Gasteiger partial charge is 0.140 e. The monoisotopic (exact) mass is 303 g/mol. The molecule has 2 bridgehead atoms. The van der Waals surface area contributed by atoms with E-state index in [1.807, 2.05) is 13.8 Å². The molecule has 3 atom stereocenters. The van der Waals surface area contributed by atoms with Gasteiger partial charge in [-0.2, -0.15) is 0 Å². The van der Waals surface area contributed by atoms with Crippen LogP contribution in [-0.4, -0.2) is 37.1 Å². The molecule has 5 nitrogen and oxygen atoms in total. The Balaban J connectivity index is 0.000000247. The van der Waals surface area contributed by atoms with E-state index in [1.165, 1.54) is 13.0 Å². The zero-order chi connectivity index (χ0) is 15.2. The number of ketones is 1. The first kappa shape index (κ1) is 15.9. The van der Waals surface area contributed by atoms with Gasteiger partial charge in [0.1, 0.15) is 5.78 Å². The molecule has 3 rings (SSSR count). The Kier molecular flexibility index (Phi) is 4.04. The normalized spacial score (nSPS) is 38.1. The highest BCUT2D eigenvalue weighted by Crippen LogP contribution is 2.64. The molecule has 20 heavy (non-hydrogen) atoms. The van der Waals surface area contributed by atoms with Gasteiger partial charge in [0.15, 0.2) is 0 Å². The topological polar surface area (TPSA) is 90.9 Å². The van der Waals surface area contributed by atoms with Crippen LogP contribution in [0.2, 0.25) is 0 Å². The molecule has 2 N–H and O–H groups in total. The summed E-state index contributed by atoms with van der Waals surface area (Å²) in [6, 6.07) is 0.940. The molecule has 1 aliphatic heterocycles. The number of hydrogen-bond donors (Lipinski definition) is 1. The molecule has 116 valence electrons. The van der Waals surface area contributed by atoms with Crippen molar-refractivity contribution >= 4 is 15.9 Å². The SMILES string of the molecule is CC1(C)[C@H]2CC[C@]1(CS(=O)(=O)[O-])C(=O)C2.C[C@H]1CC[NH2+]1. The van der Waals surface area contributed by atoms with Crippen LogP contribution >= 0.6 is 0 Å². The first-order valence-corrected chi connectivity index (χ1v) is 8.96. The van der Waals surface area contributed by atoms with Gasteiger partial charge in [-0.3, -0.25) is 4.79 Å². The Morgan fingerprint density at radius 3 is 2.15 bits per heavy atom. The Labute approximate surface area is 121 Å². The standard InChI is InChI=1S/C10H16O4S.C4H9N/c1-9(2)7-3-4-10(9,8(11)5-7)6-15(12,13)14;1-4-2-3-5-4/h7H,3-6H2,1-2H3,(H,12,13,14);4-5H,2-3H2,1H3/t7-,10-;4-/m00/s1. The summed E-state index contributed by atoms with van der Waals surface area (Å²) in [5.74, 6) is -0.280. The van der Waals surface area contributed by atoms with E-state index < -0.39 is 21.3 Å². The van der Waals surface area contributed by atoms with Gasteiger partial charge in [-0.1, -0.05) is 13.8 Å². The van der Waals surface area contributed by atoms with Crippen LogP contribution in [-0.2, 0) is 14.9 Å². The van der Waals surface area contributed by atoms with Gasteiger partial charge < -0.3 is 9.87 Å². The number of carbonyl (C=O) groups is 1. The number of quaternary nitrogens is 1. The maximum Gasteiger partial charge on any atom is 0.140 e. The van der Waals surface area contributed by atoms with Crippen molar-refractivity contribution in [3.63, 3.8) is 0 Å². The predicted octanol–water partition coefficient (Wildman–Crippen LogP) is 0.269. The summed E-state index contributed by atoms with van der Waals surface area (Å²) in [7, 11) is -4.33. The van der Waals surface area contributed by atoms with E-state index >= 15 is 0 Å². The largest absolute Gasteiger partial charge is 0.748 e. The number of Topliss-reactive ketones (excluding diaryl/α,β-unsaturated/α-hetero) is 1. The molecule has 3 aliphatic rings. The minimum absolute atomic E-state index is 0.0248. The third kappa shape index (κ3) is 2.65. The van der Waals surface area contributed by atoms with Gasteiger partial charge in [-0.25, -0.2) is 8.42 Å². The zero-order valence-corrected chi connectivity index (χ0v) is 13.3. The Bertz CT molecular complexity index is 495. The average molecular weight is 303 g/mol. The lowest BCUT2D eigenvalue weighted by Gasteiger charge is -2.37. The molecule has 0 amide bonds. The maximum atomic E-state index is 11.8. The minimum atomic E-state index is -4.33. The number of nitrogens with two attached hydrogens (primary N) is 1. The first-order valence-electron chi connectivity index (χ1n) is 7.39. The minimum Gasteiger partial charge on any atom is -0.748 e. The van der Waals surface area contributed by atoms with Crippen LogP contribution in [0.3, 0.4) is 0 Å². The van der Waals surface area contributed by atoms with Crippen molar-refractivity contribution < 1.29 is 23.1 Å². The molecule has 0 aromatic carbocycles. The lowest BCUT2D eigenvalue weighted by atomic mass is 9.70. The Hall–Kier alpha value is -0.460. The van der Waals surface area contributed by atoms with Crippen LogP contribution in [0.4, 0.5) is 0 Å². The lowest BCUT2D eigenvalue weighted by Crippen LogP contribution is -2.97. The van der Waals surface area contributed by atoms with Crippen LogP contribution in [0.25, 0.3) is 0 Å². The van der Waals surface area contributed by atoms with Gasteiger partial charge in [-0.05, 0) is 31.1 Å². The molecule has 0 aromatic heterocycles. The van der Waals surface area contributed by atoms with E-state index in [0.29, 0.717) is 12.8 Å². The summed E-state index contributed by atoms with van der Waals surface area (Å²) in [4.78, 5) is 11.8. The summed E-state index contributed by atoms with van der Waals surface area (Å²) in [6.45, 7) is 7.45. The summed E-state index contributed by atoms with van der Waals surface area (Å²) < 4.78 is 32.7. The fourth-order valence-electron chi connectivity index (χ4n) is 3.91. The van der Waals surface area contributed by atoms with Gasteiger partial charge in [-0.15, -0.1) is 0 Å². The molecule has 0 aromatic rings. The quantitative estimate of drug-likeness (QED) is 0.741. The van der Waals surface area contributed by atoms with Crippen molar-refractivity contribution in [3.8, 4) is 0 Å². The molecular formula is C14H25NO4S. The van der Waals surface area contributed by atoms with Crippen molar-refractivity contribution in [3.05, 3.63) is 0 Å². The number of carbonyl (C=O) groups excluding carboxylic acids is 1. The summed E-state index contributed by atoms with van der Waals surface area (Å²) in [6.07, 6.45) is 3.31. The second-order valence-electron chi connectivity index (χ2n) is 7.16. The molecule has 6 heteroatoms. The molecule has 3 fully saturated rings. The second kappa shape index (κ2) is 5.07. The molecule has 0 radical (unpaired) electrons. The third-order valence-electron chi connectivity index (χ3n) is 5.75. The van der Waals surface area contributed by atoms with Crippen LogP contribution in [0, 0.1) is 16.7 Å². The van der Waals surface area contributed by atoms with E-state index in [9.17, 15) is 17.8 Å².